The van der Waals surface area contributed by atoms with Crippen LogP contribution in [0, 0.1) is 19.7 Å². The molecule has 0 unspecified atom stereocenters. The third kappa shape index (κ3) is 4.39. The fourth-order valence-corrected chi connectivity index (χ4v) is 2.76. The number of hydrogen-bond acceptors (Lipinski definition) is 2. The number of rotatable bonds is 4. The monoisotopic (exact) mass is 391 g/mol. The molecule has 0 spiro atoms. The van der Waals surface area contributed by atoms with Crippen LogP contribution in [0.3, 0.4) is 0 Å². The van der Waals surface area contributed by atoms with E-state index in [0.29, 0.717) is 24.7 Å². The number of aromatic nitrogens is 2. The van der Waals surface area contributed by atoms with Crippen molar-refractivity contribution in [3.63, 3.8) is 0 Å². The highest BCUT2D eigenvalue weighted by Gasteiger charge is 2.31. The quantitative estimate of drug-likeness (QED) is 0.639. The Morgan fingerprint density at radius 2 is 1.75 bits per heavy atom. The second-order valence-corrected chi connectivity index (χ2v) is 6.43. The maximum Gasteiger partial charge on any atom is 0.416 e. The van der Waals surface area contributed by atoms with Crippen LogP contribution in [0.15, 0.2) is 48.5 Å². The molecule has 1 amide bonds. The predicted molar refractivity (Wildman–Crippen MR) is 96.6 cm³/mol. The first-order valence-corrected chi connectivity index (χ1v) is 8.41. The standard InChI is InChI=1S/C20H17F4N3O/c1-12-9-13(2)27(26-12)11-14-3-5-15(6-4-14)19(28)25-18-10-16(20(22,23)24)7-8-17(18)21/h3-10H,11H2,1-2H3,(H,25,28). The molecule has 0 atom stereocenters. The summed E-state index contributed by atoms with van der Waals surface area (Å²) in [6.45, 7) is 4.35. The first-order valence-electron chi connectivity index (χ1n) is 8.41. The first kappa shape index (κ1) is 19.6. The van der Waals surface area contributed by atoms with Crippen LogP contribution in [0.4, 0.5) is 23.2 Å². The lowest BCUT2D eigenvalue weighted by Crippen LogP contribution is -2.14. The maximum absolute atomic E-state index is 13.8. The van der Waals surface area contributed by atoms with Crippen molar-refractivity contribution >= 4 is 11.6 Å². The normalized spacial score (nSPS) is 11.5. The molecular formula is C20H17F4N3O. The topological polar surface area (TPSA) is 46.9 Å². The zero-order chi connectivity index (χ0) is 20.5. The van der Waals surface area contributed by atoms with Crippen LogP contribution in [0.2, 0.25) is 0 Å². The van der Waals surface area contributed by atoms with Crippen LogP contribution in [-0.2, 0) is 12.7 Å². The molecule has 8 heteroatoms. The van der Waals surface area contributed by atoms with E-state index in [4.69, 9.17) is 0 Å². The number of nitrogens with one attached hydrogen (secondary N) is 1. The molecule has 0 bridgehead atoms. The summed E-state index contributed by atoms with van der Waals surface area (Å²) in [4.78, 5) is 12.3. The number of anilines is 1. The molecular weight excluding hydrogens is 374 g/mol. The van der Waals surface area contributed by atoms with Crippen molar-refractivity contribution in [1.82, 2.24) is 9.78 Å². The van der Waals surface area contributed by atoms with Gasteiger partial charge >= 0.3 is 6.18 Å². The second kappa shape index (κ2) is 7.46. The van der Waals surface area contributed by atoms with E-state index in [-0.39, 0.29) is 5.56 Å². The highest BCUT2D eigenvalue weighted by molar-refractivity contribution is 6.04. The molecule has 2 aromatic carbocycles. The minimum Gasteiger partial charge on any atom is -0.319 e. The van der Waals surface area contributed by atoms with Crippen molar-refractivity contribution < 1.29 is 22.4 Å². The number of nitrogens with zero attached hydrogens (tertiary/aromatic N) is 2. The largest absolute Gasteiger partial charge is 0.416 e. The Morgan fingerprint density at radius 3 is 2.32 bits per heavy atom. The Labute approximate surface area is 158 Å². The minimum atomic E-state index is -4.63. The van der Waals surface area contributed by atoms with Gasteiger partial charge in [-0.2, -0.15) is 18.3 Å². The number of carbonyl (C=O) groups is 1. The van der Waals surface area contributed by atoms with E-state index in [1.165, 1.54) is 12.1 Å². The summed E-state index contributed by atoms with van der Waals surface area (Å²) in [6.07, 6.45) is -4.63. The summed E-state index contributed by atoms with van der Waals surface area (Å²) < 4.78 is 53.9. The summed E-state index contributed by atoms with van der Waals surface area (Å²) in [5, 5.41) is 6.55. The third-order valence-electron chi connectivity index (χ3n) is 4.19. The molecule has 1 heterocycles. The number of benzene rings is 2. The maximum atomic E-state index is 13.8. The van der Waals surface area contributed by atoms with Crippen LogP contribution in [0.1, 0.15) is 32.9 Å². The highest BCUT2D eigenvalue weighted by atomic mass is 19.4. The van der Waals surface area contributed by atoms with Crippen LogP contribution in [0.25, 0.3) is 0 Å². The Morgan fingerprint density at radius 1 is 1.07 bits per heavy atom. The Balaban J connectivity index is 1.74. The van der Waals surface area contributed by atoms with Gasteiger partial charge in [-0.15, -0.1) is 0 Å². The van der Waals surface area contributed by atoms with Gasteiger partial charge in [0, 0.05) is 11.3 Å². The van der Waals surface area contributed by atoms with Crippen molar-refractivity contribution in [2.24, 2.45) is 0 Å². The number of aryl methyl sites for hydroxylation is 2. The summed E-state index contributed by atoms with van der Waals surface area (Å²) in [6, 6.07) is 10.3. The van der Waals surface area contributed by atoms with Crippen molar-refractivity contribution in [1.29, 1.82) is 0 Å². The lowest BCUT2D eigenvalue weighted by molar-refractivity contribution is -0.137. The Kier molecular flexibility index (Phi) is 5.22. The van der Waals surface area contributed by atoms with Crippen molar-refractivity contribution in [3.8, 4) is 0 Å². The van der Waals surface area contributed by atoms with Gasteiger partial charge in [0.15, 0.2) is 0 Å². The van der Waals surface area contributed by atoms with Gasteiger partial charge in [-0.1, -0.05) is 12.1 Å². The number of carbonyl (C=O) groups excluding carboxylic acids is 1. The molecule has 0 aliphatic heterocycles. The van der Waals surface area contributed by atoms with E-state index in [0.717, 1.165) is 17.0 Å². The van der Waals surface area contributed by atoms with Crippen LogP contribution in [-0.4, -0.2) is 15.7 Å². The summed E-state index contributed by atoms with van der Waals surface area (Å²) in [7, 11) is 0. The van der Waals surface area contributed by atoms with E-state index >= 15 is 0 Å². The van der Waals surface area contributed by atoms with Crippen LogP contribution in [0.5, 0.6) is 0 Å². The van der Waals surface area contributed by atoms with Gasteiger partial charge in [0.05, 0.1) is 23.5 Å². The lowest BCUT2D eigenvalue weighted by atomic mass is 10.1. The molecule has 28 heavy (non-hydrogen) atoms. The van der Waals surface area contributed by atoms with Crippen molar-refractivity contribution in [2.75, 3.05) is 5.32 Å². The molecule has 4 nitrogen and oxygen atoms in total. The molecule has 0 saturated heterocycles. The van der Waals surface area contributed by atoms with E-state index in [1.807, 2.05) is 24.6 Å². The molecule has 146 valence electrons. The molecule has 1 aromatic heterocycles. The Hall–Kier alpha value is -3.16. The highest BCUT2D eigenvalue weighted by Crippen LogP contribution is 2.32. The van der Waals surface area contributed by atoms with Gasteiger partial charge in [-0.25, -0.2) is 4.39 Å². The molecule has 1 N–H and O–H groups in total. The molecule has 3 rings (SSSR count). The first-order chi connectivity index (χ1) is 13.1. The molecule has 0 fully saturated rings. The predicted octanol–water partition coefficient (Wildman–Crippen LogP) is 4.96. The van der Waals surface area contributed by atoms with E-state index < -0.39 is 29.2 Å². The molecule has 3 aromatic rings. The molecule has 0 aliphatic carbocycles. The van der Waals surface area contributed by atoms with Gasteiger partial charge in [0.2, 0.25) is 0 Å². The van der Waals surface area contributed by atoms with E-state index in [1.54, 1.807) is 12.1 Å². The van der Waals surface area contributed by atoms with Crippen LogP contribution >= 0.6 is 0 Å². The van der Waals surface area contributed by atoms with Gasteiger partial charge in [0.25, 0.3) is 5.91 Å². The fourth-order valence-electron chi connectivity index (χ4n) is 2.76. The lowest BCUT2D eigenvalue weighted by Gasteiger charge is -2.11. The van der Waals surface area contributed by atoms with E-state index in [9.17, 15) is 22.4 Å². The number of halogens is 4. The second-order valence-electron chi connectivity index (χ2n) is 6.43. The van der Waals surface area contributed by atoms with Gasteiger partial charge < -0.3 is 5.32 Å². The zero-order valence-corrected chi connectivity index (χ0v) is 15.1. The average molecular weight is 391 g/mol. The van der Waals surface area contributed by atoms with Gasteiger partial charge in [0.1, 0.15) is 5.82 Å². The summed E-state index contributed by atoms with van der Waals surface area (Å²) in [5.74, 6) is -1.64. The summed E-state index contributed by atoms with van der Waals surface area (Å²) in [5.41, 5.74) is 1.44. The van der Waals surface area contributed by atoms with Crippen LogP contribution < -0.4 is 5.32 Å². The van der Waals surface area contributed by atoms with Crippen molar-refractivity contribution in [2.45, 2.75) is 26.6 Å². The third-order valence-corrected chi connectivity index (χ3v) is 4.19. The SMILES string of the molecule is Cc1cc(C)n(Cc2ccc(C(=O)Nc3cc(C(F)(F)F)ccc3F)cc2)n1. The molecule has 0 aliphatic rings. The average Bonchev–Trinajstić information content (AvgIpc) is 2.93. The number of amides is 1. The smallest absolute Gasteiger partial charge is 0.319 e. The van der Waals surface area contributed by atoms with E-state index in [2.05, 4.69) is 10.4 Å². The van der Waals surface area contributed by atoms with Crippen molar-refractivity contribution in [3.05, 3.63) is 82.4 Å². The number of alkyl halides is 3. The summed E-state index contributed by atoms with van der Waals surface area (Å²) >= 11 is 0. The Bertz CT molecular complexity index is 1010. The van der Waals surface area contributed by atoms with Gasteiger partial charge in [-0.05, 0) is 55.8 Å². The fraction of sp³-hybridized carbons (Fsp3) is 0.200. The minimum absolute atomic E-state index is 0.203. The molecule has 0 radical (unpaired) electrons. The number of hydrogen-bond donors (Lipinski definition) is 1. The zero-order valence-electron chi connectivity index (χ0n) is 15.1. The van der Waals surface area contributed by atoms with Gasteiger partial charge in [-0.3, -0.25) is 9.48 Å². The molecule has 0 saturated carbocycles.